The van der Waals surface area contributed by atoms with Crippen LogP contribution in [0.2, 0.25) is 0 Å². The highest BCUT2D eigenvalue weighted by Gasteiger charge is 2.27. The molecule has 0 radical (unpaired) electrons. The number of halogens is 1. The van der Waals surface area contributed by atoms with Crippen LogP contribution in [0, 0.1) is 13.8 Å². The molecule has 0 aliphatic rings. The van der Waals surface area contributed by atoms with Crippen LogP contribution >= 0.6 is 15.9 Å². The molecule has 0 atom stereocenters. The third-order valence-corrected chi connectivity index (χ3v) is 7.50. The minimum absolute atomic E-state index is 0.112. The molecule has 0 unspecified atom stereocenters. The zero-order chi connectivity index (χ0) is 24.9. The predicted octanol–water partition coefficient (Wildman–Crippen LogP) is 4.48. The van der Waals surface area contributed by atoms with Crippen LogP contribution in [0.3, 0.4) is 0 Å². The molecule has 178 valence electrons. The van der Waals surface area contributed by atoms with Gasteiger partial charge in [-0.25, -0.2) is 13.8 Å². The largest absolute Gasteiger partial charge is 0.377 e. The SMILES string of the molecule is Cc1ccc(N(CC(=O)N/N=C\c2ccc(N(C)C)c(Br)c2)S(=O)(=O)c2ccc(C)cc2)cc1. The molecule has 0 saturated carbocycles. The number of anilines is 2. The van der Waals surface area contributed by atoms with Crippen molar-refractivity contribution in [3.63, 3.8) is 0 Å². The number of benzene rings is 3. The number of hydrogen-bond acceptors (Lipinski definition) is 5. The van der Waals surface area contributed by atoms with Crippen LogP contribution in [0.4, 0.5) is 11.4 Å². The number of carbonyl (C=O) groups excluding carboxylic acids is 1. The van der Waals surface area contributed by atoms with Crippen LogP contribution in [0.5, 0.6) is 0 Å². The Morgan fingerprint density at radius 2 is 1.56 bits per heavy atom. The summed E-state index contributed by atoms with van der Waals surface area (Å²) >= 11 is 3.52. The van der Waals surface area contributed by atoms with Crippen LogP contribution in [-0.2, 0) is 14.8 Å². The molecule has 3 rings (SSSR count). The van der Waals surface area contributed by atoms with Crippen molar-refractivity contribution in [2.24, 2.45) is 5.10 Å². The molecule has 3 aromatic carbocycles. The van der Waals surface area contributed by atoms with E-state index in [1.54, 1.807) is 36.4 Å². The number of hydrazone groups is 1. The Bertz CT molecular complexity index is 1290. The summed E-state index contributed by atoms with van der Waals surface area (Å²) in [6.07, 6.45) is 1.51. The molecule has 0 aliphatic heterocycles. The van der Waals surface area contributed by atoms with E-state index in [1.807, 2.05) is 51.0 Å². The maximum Gasteiger partial charge on any atom is 0.264 e. The van der Waals surface area contributed by atoms with E-state index in [-0.39, 0.29) is 4.90 Å². The summed E-state index contributed by atoms with van der Waals surface area (Å²) in [5, 5.41) is 4.00. The summed E-state index contributed by atoms with van der Waals surface area (Å²) in [7, 11) is -0.0788. The molecule has 0 aliphatic carbocycles. The summed E-state index contributed by atoms with van der Waals surface area (Å²) in [4.78, 5) is 14.8. The van der Waals surface area contributed by atoms with Crippen molar-refractivity contribution in [3.8, 4) is 0 Å². The molecule has 0 bridgehead atoms. The minimum Gasteiger partial charge on any atom is -0.377 e. The van der Waals surface area contributed by atoms with E-state index in [0.29, 0.717) is 5.69 Å². The van der Waals surface area contributed by atoms with Gasteiger partial charge in [-0.05, 0) is 71.7 Å². The Morgan fingerprint density at radius 1 is 0.971 bits per heavy atom. The number of carbonyl (C=O) groups is 1. The van der Waals surface area contributed by atoms with E-state index in [2.05, 4.69) is 26.5 Å². The molecule has 7 nitrogen and oxygen atoms in total. The number of sulfonamides is 1. The van der Waals surface area contributed by atoms with E-state index in [0.717, 1.165) is 31.2 Å². The van der Waals surface area contributed by atoms with Crippen molar-refractivity contribution in [3.05, 3.63) is 87.9 Å². The lowest BCUT2D eigenvalue weighted by Crippen LogP contribution is -2.39. The van der Waals surface area contributed by atoms with Crippen LogP contribution < -0.4 is 14.6 Å². The lowest BCUT2D eigenvalue weighted by molar-refractivity contribution is -0.119. The van der Waals surface area contributed by atoms with Crippen LogP contribution in [0.25, 0.3) is 0 Å². The molecule has 0 saturated heterocycles. The second-order valence-electron chi connectivity index (χ2n) is 8.06. The van der Waals surface area contributed by atoms with Gasteiger partial charge >= 0.3 is 0 Å². The average molecular weight is 543 g/mol. The predicted molar refractivity (Wildman–Crippen MR) is 141 cm³/mol. The Balaban J connectivity index is 1.80. The maximum atomic E-state index is 13.4. The Morgan fingerprint density at radius 3 is 2.12 bits per heavy atom. The molecule has 1 amide bonds. The fourth-order valence-corrected chi connectivity index (χ4v) is 5.35. The van der Waals surface area contributed by atoms with E-state index in [4.69, 9.17) is 0 Å². The lowest BCUT2D eigenvalue weighted by atomic mass is 10.2. The zero-order valence-corrected chi connectivity index (χ0v) is 21.9. The second-order valence-corrected chi connectivity index (χ2v) is 10.8. The van der Waals surface area contributed by atoms with Gasteiger partial charge in [0.25, 0.3) is 15.9 Å². The van der Waals surface area contributed by atoms with Crippen molar-refractivity contribution in [2.75, 3.05) is 29.8 Å². The number of hydrogen-bond donors (Lipinski definition) is 1. The van der Waals surface area contributed by atoms with Gasteiger partial charge in [0.15, 0.2) is 0 Å². The van der Waals surface area contributed by atoms with Gasteiger partial charge in [-0.1, -0.05) is 41.5 Å². The van der Waals surface area contributed by atoms with Crippen molar-refractivity contribution >= 4 is 49.4 Å². The minimum atomic E-state index is -3.96. The standard InChI is InChI=1S/C25H27BrN4O3S/c1-18-5-10-21(11-6-18)30(34(32,33)22-12-7-19(2)8-13-22)17-25(31)28-27-16-20-9-14-24(29(3)4)23(26)15-20/h5-16H,17H2,1-4H3,(H,28,31)/b27-16-. The fourth-order valence-electron chi connectivity index (χ4n) is 3.17. The van der Waals surface area contributed by atoms with Gasteiger partial charge in [-0.3, -0.25) is 9.10 Å². The highest BCUT2D eigenvalue weighted by atomic mass is 79.9. The first kappa shape index (κ1) is 25.5. The first-order valence-corrected chi connectivity index (χ1v) is 12.8. The third kappa shape index (κ3) is 6.24. The Kier molecular flexibility index (Phi) is 8.11. The van der Waals surface area contributed by atoms with Gasteiger partial charge in [0.05, 0.1) is 22.5 Å². The second kappa shape index (κ2) is 10.8. The van der Waals surface area contributed by atoms with Crippen LogP contribution in [-0.4, -0.2) is 41.2 Å². The molecule has 1 N–H and O–H groups in total. The zero-order valence-electron chi connectivity index (χ0n) is 19.5. The van der Waals surface area contributed by atoms with Crippen molar-refractivity contribution in [1.29, 1.82) is 0 Å². The van der Waals surface area contributed by atoms with Crippen molar-refractivity contribution in [2.45, 2.75) is 18.7 Å². The van der Waals surface area contributed by atoms with Gasteiger partial charge in [-0.2, -0.15) is 5.10 Å². The quantitative estimate of drug-likeness (QED) is 0.336. The normalized spacial score (nSPS) is 11.4. The fraction of sp³-hybridized carbons (Fsp3) is 0.200. The van der Waals surface area contributed by atoms with Crippen LogP contribution in [0.15, 0.2) is 81.2 Å². The number of rotatable bonds is 8. The summed E-state index contributed by atoms with van der Waals surface area (Å²) < 4.78 is 28.7. The number of aryl methyl sites for hydroxylation is 2. The van der Waals surface area contributed by atoms with Gasteiger partial charge in [0.2, 0.25) is 0 Å². The maximum absolute atomic E-state index is 13.4. The number of nitrogens with one attached hydrogen (secondary N) is 1. The molecule has 0 spiro atoms. The van der Waals surface area contributed by atoms with Gasteiger partial charge in [-0.15, -0.1) is 0 Å². The Labute approximate surface area is 209 Å². The van der Waals surface area contributed by atoms with E-state index in [1.165, 1.54) is 18.3 Å². The monoisotopic (exact) mass is 542 g/mol. The highest BCUT2D eigenvalue weighted by Crippen LogP contribution is 2.26. The summed E-state index contributed by atoms with van der Waals surface area (Å²) in [5.41, 5.74) is 6.54. The molecule has 9 heteroatoms. The number of nitrogens with zero attached hydrogens (tertiary/aromatic N) is 3. The Hall–Kier alpha value is -3.17. The highest BCUT2D eigenvalue weighted by molar-refractivity contribution is 9.10. The molecule has 34 heavy (non-hydrogen) atoms. The first-order valence-electron chi connectivity index (χ1n) is 10.5. The van der Waals surface area contributed by atoms with Gasteiger partial charge in [0.1, 0.15) is 6.54 Å². The van der Waals surface area contributed by atoms with E-state index in [9.17, 15) is 13.2 Å². The van der Waals surface area contributed by atoms with Crippen molar-refractivity contribution < 1.29 is 13.2 Å². The molecular formula is C25H27BrN4O3S. The molecule has 3 aromatic rings. The van der Waals surface area contributed by atoms with Crippen molar-refractivity contribution in [1.82, 2.24) is 5.43 Å². The first-order chi connectivity index (χ1) is 16.1. The summed E-state index contributed by atoms with van der Waals surface area (Å²) in [6.45, 7) is 3.37. The van der Waals surface area contributed by atoms with E-state index >= 15 is 0 Å². The van der Waals surface area contributed by atoms with Gasteiger partial charge in [0, 0.05) is 18.6 Å². The molecule has 0 aromatic heterocycles. The number of amides is 1. The molecule has 0 heterocycles. The summed E-state index contributed by atoms with van der Waals surface area (Å²) in [5.74, 6) is -0.559. The molecular weight excluding hydrogens is 516 g/mol. The topological polar surface area (TPSA) is 82.1 Å². The lowest BCUT2D eigenvalue weighted by Gasteiger charge is -2.24. The average Bonchev–Trinajstić information content (AvgIpc) is 2.78. The van der Waals surface area contributed by atoms with Gasteiger partial charge < -0.3 is 4.90 Å². The summed E-state index contributed by atoms with van der Waals surface area (Å²) in [6, 6.07) is 19.2. The smallest absolute Gasteiger partial charge is 0.264 e. The third-order valence-electron chi connectivity index (χ3n) is 5.07. The van der Waals surface area contributed by atoms with E-state index < -0.39 is 22.5 Å². The molecule has 0 fully saturated rings. The van der Waals surface area contributed by atoms with Crippen LogP contribution in [0.1, 0.15) is 16.7 Å².